The maximum Gasteiger partial charge on any atom is 0.169 e. The Kier molecular flexibility index (Phi) is 6.99. The zero-order valence-electron chi connectivity index (χ0n) is 24.7. The molecule has 10 atom stereocenters. The van der Waals surface area contributed by atoms with Crippen LogP contribution in [0.3, 0.4) is 0 Å². The first-order valence-electron chi connectivity index (χ1n) is 16.1. The van der Waals surface area contributed by atoms with E-state index in [-0.39, 0.29) is 40.9 Å². The molecule has 0 unspecified atom stereocenters. The number of morpholine rings is 1. The van der Waals surface area contributed by atoms with Crippen molar-refractivity contribution in [3.05, 3.63) is 35.9 Å². The second kappa shape index (κ2) is 10.2. The third-order valence-corrected chi connectivity index (χ3v) is 12.8. The van der Waals surface area contributed by atoms with Crippen LogP contribution in [0.25, 0.3) is 0 Å². The van der Waals surface area contributed by atoms with E-state index in [1.165, 1.54) is 12.0 Å². The molecule has 0 aromatic heterocycles. The minimum atomic E-state index is -0.551. The lowest BCUT2D eigenvalue weighted by atomic mass is 9.43. The fourth-order valence-electron chi connectivity index (χ4n) is 11.1. The van der Waals surface area contributed by atoms with Crippen LogP contribution in [0, 0.1) is 40.4 Å². The lowest BCUT2D eigenvalue weighted by Gasteiger charge is -2.62. The smallest absolute Gasteiger partial charge is 0.169 e. The van der Waals surface area contributed by atoms with Crippen molar-refractivity contribution in [3.8, 4) is 0 Å². The van der Waals surface area contributed by atoms with Gasteiger partial charge in [0.1, 0.15) is 5.78 Å². The third kappa shape index (κ3) is 4.35. The predicted molar refractivity (Wildman–Crippen MR) is 153 cm³/mol. The Morgan fingerprint density at radius 3 is 2.52 bits per heavy atom. The van der Waals surface area contributed by atoms with Crippen molar-refractivity contribution in [2.24, 2.45) is 40.4 Å². The van der Waals surface area contributed by atoms with Gasteiger partial charge in [-0.15, -0.1) is 0 Å². The second-order valence-corrected chi connectivity index (χ2v) is 14.8. The molecule has 220 valence electrons. The van der Waals surface area contributed by atoms with Gasteiger partial charge in [0.15, 0.2) is 5.79 Å². The molecular weight excluding hydrogens is 502 g/mol. The lowest BCUT2D eigenvalue weighted by Crippen LogP contribution is -2.63. The van der Waals surface area contributed by atoms with Gasteiger partial charge < -0.3 is 19.3 Å². The van der Waals surface area contributed by atoms with Crippen LogP contribution in [0.15, 0.2) is 30.3 Å². The number of ketones is 1. The minimum absolute atomic E-state index is 0.0526. The van der Waals surface area contributed by atoms with E-state index in [1.54, 1.807) is 0 Å². The normalized spacial score (nSPS) is 47.0. The third-order valence-electron chi connectivity index (χ3n) is 12.8. The number of fused-ring (bicyclic) bond motifs is 5. The van der Waals surface area contributed by atoms with Gasteiger partial charge in [-0.3, -0.25) is 9.69 Å². The highest BCUT2D eigenvalue weighted by atomic mass is 16.7. The van der Waals surface area contributed by atoms with Crippen LogP contribution >= 0.6 is 0 Å². The highest BCUT2D eigenvalue weighted by molar-refractivity contribution is 5.84. The first kappa shape index (κ1) is 27.5. The monoisotopic (exact) mass is 551 g/mol. The minimum Gasteiger partial charge on any atom is -0.391 e. The molecule has 6 aliphatic rings. The van der Waals surface area contributed by atoms with Gasteiger partial charge in [0.25, 0.3) is 0 Å². The number of hydrogen-bond acceptors (Lipinski definition) is 6. The summed E-state index contributed by atoms with van der Waals surface area (Å²) < 4.78 is 18.5. The van der Waals surface area contributed by atoms with Crippen LogP contribution in [-0.2, 0) is 25.4 Å². The molecule has 2 saturated heterocycles. The SMILES string of the molecule is CC1([C@H]2CC[C@H]3[C@@H]4CC[C@H]5C[C@H](O)[C@@H](N6CCO[C@H](Cc7ccccc7)C6)C[C@]5(C)[C@H]4C(=O)C[C@]23C)OCCO1. The molecule has 7 rings (SSSR count). The van der Waals surface area contributed by atoms with E-state index in [0.29, 0.717) is 49.8 Å². The molecule has 6 heteroatoms. The number of benzene rings is 1. The highest BCUT2D eigenvalue weighted by Gasteiger charge is 2.67. The topological polar surface area (TPSA) is 68.2 Å². The molecule has 1 aromatic rings. The zero-order chi connectivity index (χ0) is 27.7. The Morgan fingerprint density at radius 2 is 1.75 bits per heavy atom. The van der Waals surface area contributed by atoms with Gasteiger partial charge >= 0.3 is 0 Å². The van der Waals surface area contributed by atoms with Gasteiger partial charge in [-0.05, 0) is 86.0 Å². The van der Waals surface area contributed by atoms with E-state index in [9.17, 15) is 9.90 Å². The van der Waals surface area contributed by atoms with Crippen molar-refractivity contribution in [1.82, 2.24) is 4.90 Å². The highest BCUT2D eigenvalue weighted by Crippen LogP contribution is 2.68. The average molecular weight is 552 g/mol. The maximum absolute atomic E-state index is 14.3. The Balaban J connectivity index is 1.11. The van der Waals surface area contributed by atoms with Gasteiger partial charge in [-0.2, -0.15) is 0 Å². The van der Waals surface area contributed by atoms with Gasteiger partial charge in [-0.25, -0.2) is 0 Å². The van der Waals surface area contributed by atoms with Gasteiger partial charge in [0.05, 0.1) is 32.0 Å². The largest absolute Gasteiger partial charge is 0.391 e. The second-order valence-electron chi connectivity index (χ2n) is 14.8. The molecule has 40 heavy (non-hydrogen) atoms. The molecule has 6 fully saturated rings. The fraction of sp³-hybridized carbons (Fsp3) is 0.794. The lowest BCUT2D eigenvalue weighted by molar-refractivity contribution is -0.218. The molecular formula is C34H49NO5. The summed E-state index contributed by atoms with van der Waals surface area (Å²) in [6, 6.07) is 10.7. The summed E-state index contributed by atoms with van der Waals surface area (Å²) in [5, 5.41) is 11.5. The van der Waals surface area contributed by atoms with Crippen LogP contribution in [-0.4, -0.2) is 72.7 Å². The average Bonchev–Trinajstić information content (AvgIpc) is 3.52. The van der Waals surface area contributed by atoms with Crippen LogP contribution in [0.5, 0.6) is 0 Å². The number of Topliss-reactive ketones (excluding diaryl/α,β-unsaturated/α-hetero) is 1. The van der Waals surface area contributed by atoms with Gasteiger partial charge in [0.2, 0.25) is 0 Å². The van der Waals surface area contributed by atoms with E-state index < -0.39 is 5.79 Å². The standard InChI is InChI=1S/C34H49NO5/c1-32-19-27(35-13-14-38-24(21-35)17-22-7-5-4-6-8-22)28(36)18-23(32)9-10-25-26-11-12-30(34(3)39-15-16-40-34)33(26,2)20-29(37)31(25)32/h4-8,23-28,30-31,36H,9-21H2,1-3H3/t23-,24+,25-,26-,27-,28-,30-,31+,32-,33-/m0/s1. The van der Waals surface area contributed by atoms with Crippen molar-refractivity contribution in [2.45, 2.75) is 96.2 Å². The predicted octanol–water partition coefficient (Wildman–Crippen LogP) is 4.87. The fourth-order valence-corrected chi connectivity index (χ4v) is 11.1. The zero-order valence-corrected chi connectivity index (χ0v) is 24.7. The number of carbonyl (C=O) groups is 1. The molecule has 2 heterocycles. The maximum atomic E-state index is 14.3. The van der Waals surface area contributed by atoms with E-state index in [0.717, 1.165) is 51.6 Å². The van der Waals surface area contributed by atoms with Crippen molar-refractivity contribution in [2.75, 3.05) is 32.9 Å². The summed E-state index contributed by atoms with van der Waals surface area (Å²) in [4.78, 5) is 16.8. The molecule has 1 aromatic carbocycles. The number of nitrogens with zero attached hydrogens (tertiary/aromatic N) is 1. The quantitative estimate of drug-likeness (QED) is 0.576. The van der Waals surface area contributed by atoms with Crippen LogP contribution in [0.2, 0.25) is 0 Å². The first-order valence-corrected chi connectivity index (χ1v) is 16.1. The van der Waals surface area contributed by atoms with Crippen LogP contribution in [0.1, 0.15) is 71.3 Å². The number of aliphatic hydroxyl groups is 1. The molecule has 0 bridgehead atoms. The Hall–Kier alpha value is -1.31. The molecule has 2 aliphatic heterocycles. The Bertz CT molecular complexity index is 1090. The van der Waals surface area contributed by atoms with Gasteiger partial charge in [0, 0.05) is 37.4 Å². The summed E-state index contributed by atoms with van der Waals surface area (Å²) in [7, 11) is 0. The molecule has 0 spiro atoms. The molecule has 4 aliphatic carbocycles. The number of aliphatic hydroxyl groups excluding tert-OH is 1. The molecule has 4 saturated carbocycles. The van der Waals surface area contributed by atoms with E-state index in [4.69, 9.17) is 14.2 Å². The Morgan fingerprint density at radius 1 is 0.975 bits per heavy atom. The summed E-state index contributed by atoms with van der Waals surface area (Å²) in [5.41, 5.74) is 1.19. The van der Waals surface area contributed by atoms with Crippen molar-refractivity contribution in [1.29, 1.82) is 0 Å². The molecule has 0 radical (unpaired) electrons. The number of rotatable bonds is 4. The summed E-state index contributed by atoms with van der Waals surface area (Å²) in [6.45, 7) is 10.6. The van der Waals surface area contributed by atoms with Crippen LogP contribution < -0.4 is 0 Å². The number of ether oxygens (including phenoxy) is 3. The van der Waals surface area contributed by atoms with E-state index in [2.05, 4.69) is 56.0 Å². The molecule has 6 nitrogen and oxygen atoms in total. The summed E-state index contributed by atoms with van der Waals surface area (Å²) in [5.74, 6) is 1.72. The molecule has 0 amide bonds. The van der Waals surface area contributed by atoms with Crippen molar-refractivity contribution in [3.63, 3.8) is 0 Å². The Labute approximate surface area is 240 Å². The van der Waals surface area contributed by atoms with Crippen molar-refractivity contribution < 1.29 is 24.1 Å². The first-order chi connectivity index (χ1) is 19.2. The summed E-state index contributed by atoms with van der Waals surface area (Å²) in [6.07, 6.45) is 7.62. The van der Waals surface area contributed by atoms with Gasteiger partial charge in [-0.1, -0.05) is 44.2 Å². The number of hydrogen-bond donors (Lipinski definition) is 1. The summed E-state index contributed by atoms with van der Waals surface area (Å²) >= 11 is 0. The van der Waals surface area contributed by atoms with Crippen molar-refractivity contribution >= 4 is 5.78 Å². The number of carbonyl (C=O) groups excluding carboxylic acids is 1. The van der Waals surface area contributed by atoms with E-state index >= 15 is 0 Å². The van der Waals surface area contributed by atoms with Crippen LogP contribution in [0.4, 0.5) is 0 Å². The van der Waals surface area contributed by atoms with E-state index in [1.807, 2.05) is 0 Å². The molecule has 1 N–H and O–H groups in total.